The molecule has 0 fully saturated rings. The van der Waals surface area contributed by atoms with E-state index in [1.807, 2.05) is 6.07 Å². The van der Waals surface area contributed by atoms with E-state index in [0.717, 1.165) is 42.2 Å². The van der Waals surface area contributed by atoms with Crippen LogP contribution in [0.2, 0.25) is 0 Å². The molecule has 0 bridgehead atoms. The highest BCUT2D eigenvalue weighted by Crippen LogP contribution is 2.34. The fourth-order valence-corrected chi connectivity index (χ4v) is 3.39. The van der Waals surface area contributed by atoms with Gasteiger partial charge in [0.25, 0.3) is 0 Å². The normalized spacial score (nSPS) is 14.1. The zero-order chi connectivity index (χ0) is 15.8. The largest absolute Gasteiger partial charge is 0.497 e. The van der Waals surface area contributed by atoms with Crippen molar-refractivity contribution in [2.45, 2.75) is 13.0 Å². The molecule has 0 atom stereocenters. The molecule has 2 heterocycles. The van der Waals surface area contributed by atoms with Gasteiger partial charge in [-0.15, -0.1) is 0 Å². The number of nitrogens with one attached hydrogen (secondary N) is 1. The number of H-pyrrole nitrogens is 1. The molecule has 3 heteroatoms. The fourth-order valence-electron chi connectivity index (χ4n) is 3.39. The number of aromatic amines is 1. The highest BCUT2D eigenvalue weighted by Gasteiger charge is 2.23. The van der Waals surface area contributed by atoms with Crippen molar-refractivity contribution in [2.75, 3.05) is 13.7 Å². The van der Waals surface area contributed by atoms with Gasteiger partial charge in [-0.3, -0.25) is 0 Å². The highest BCUT2D eigenvalue weighted by atomic mass is 16.5. The van der Waals surface area contributed by atoms with Crippen LogP contribution in [-0.2, 0) is 13.0 Å². The molecule has 23 heavy (non-hydrogen) atoms. The molecule has 3 aromatic rings. The SMILES string of the molecule is C=C1c2[nH]c3cc(OC)ccc3c2CCN1Cc1ccccc1. The Morgan fingerprint density at radius 2 is 2.00 bits per heavy atom. The number of hydrogen-bond donors (Lipinski definition) is 1. The first-order chi connectivity index (χ1) is 11.3. The molecular weight excluding hydrogens is 284 g/mol. The molecule has 0 unspecified atom stereocenters. The first kappa shape index (κ1) is 13.9. The van der Waals surface area contributed by atoms with Crippen LogP contribution in [0.1, 0.15) is 16.8 Å². The molecule has 3 nitrogen and oxygen atoms in total. The van der Waals surface area contributed by atoms with Crippen LogP contribution in [0.3, 0.4) is 0 Å². The van der Waals surface area contributed by atoms with E-state index in [0.29, 0.717) is 0 Å². The third kappa shape index (κ3) is 2.38. The summed E-state index contributed by atoms with van der Waals surface area (Å²) in [5.74, 6) is 0.878. The number of ether oxygens (including phenoxy) is 1. The van der Waals surface area contributed by atoms with Gasteiger partial charge >= 0.3 is 0 Å². The van der Waals surface area contributed by atoms with Gasteiger partial charge < -0.3 is 14.6 Å². The Morgan fingerprint density at radius 3 is 2.78 bits per heavy atom. The molecule has 2 aromatic carbocycles. The maximum atomic E-state index is 5.33. The zero-order valence-corrected chi connectivity index (χ0v) is 13.3. The third-order valence-corrected chi connectivity index (χ3v) is 4.63. The second-order valence-corrected chi connectivity index (χ2v) is 5.99. The predicted molar refractivity (Wildman–Crippen MR) is 94.4 cm³/mol. The van der Waals surface area contributed by atoms with Crippen molar-refractivity contribution in [1.82, 2.24) is 9.88 Å². The minimum atomic E-state index is 0.878. The average molecular weight is 304 g/mol. The van der Waals surface area contributed by atoms with Gasteiger partial charge in [-0.1, -0.05) is 36.9 Å². The molecule has 1 N–H and O–H groups in total. The maximum absolute atomic E-state index is 5.33. The smallest absolute Gasteiger partial charge is 0.120 e. The third-order valence-electron chi connectivity index (χ3n) is 4.63. The number of fused-ring (bicyclic) bond motifs is 3. The average Bonchev–Trinajstić information content (AvgIpc) is 2.97. The summed E-state index contributed by atoms with van der Waals surface area (Å²) >= 11 is 0. The summed E-state index contributed by atoms with van der Waals surface area (Å²) in [5, 5.41) is 1.28. The Hall–Kier alpha value is -2.68. The van der Waals surface area contributed by atoms with Crippen LogP contribution in [0.4, 0.5) is 0 Å². The van der Waals surface area contributed by atoms with E-state index in [2.05, 4.69) is 58.9 Å². The molecule has 0 amide bonds. The molecule has 0 saturated heterocycles. The lowest BCUT2D eigenvalue weighted by atomic mass is 10.0. The van der Waals surface area contributed by atoms with E-state index in [1.54, 1.807) is 7.11 Å². The van der Waals surface area contributed by atoms with Crippen molar-refractivity contribution in [3.63, 3.8) is 0 Å². The molecular formula is C20H20N2O. The number of nitrogens with zero attached hydrogens (tertiary/aromatic N) is 1. The summed E-state index contributed by atoms with van der Waals surface area (Å²) in [6, 6.07) is 16.8. The summed E-state index contributed by atoms with van der Waals surface area (Å²) in [5.41, 5.74) is 6.05. The Bertz CT molecular complexity index is 864. The molecule has 1 aliphatic rings. The second kappa shape index (κ2) is 5.51. The van der Waals surface area contributed by atoms with Gasteiger partial charge in [0.15, 0.2) is 0 Å². The summed E-state index contributed by atoms with van der Waals surface area (Å²) in [6.07, 6.45) is 1.04. The van der Waals surface area contributed by atoms with Crippen molar-refractivity contribution < 1.29 is 4.74 Å². The first-order valence-electron chi connectivity index (χ1n) is 7.93. The van der Waals surface area contributed by atoms with E-state index < -0.39 is 0 Å². The Morgan fingerprint density at radius 1 is 1.17 bits per heavy atom. The van der Waals surface area contributed by atoms with Crippen LogP contribution >= 0.6 is 0 Å². The maximum Gasteiger partial charge on any atom is 0.120 e. The van der Waals surface area contributed by atoms with Crippen LogP contribution in [0, 0.1) is 0 Å². The Balaban J connectivity index is 1.68. The lowest BCUT2D eigenvalue weighted by molar-refractivity contribution is 0.384. The van der Waals surface area contributed by atoms with Gasteiger partial charge in [0.1, 0.15) is 5.75 Å². The molecule has 0 spiro atoms. The standard InChI is InChI=1S/C20H20N2O/c1-14-20-18(17-9-8-16(23-2)12-19(17)21-20)10-11-22(14)13-15-6-4-3-5-7-15/h3-9,12,21H,1,10-11,13H2,2H3. The van der Waals surface area contributed by atoms with Gasteiger partial charge in [-0.05, 0) is 29.7 Å². The number of benzene rings is 2. The molecule has 1 aromatic heterocycles. The summed E-state index contributed by atoms with van der Waals surface area (Å²) < 4.78 is 5.33. The second-order valence-electron chi connectivity index (χ2n) is 5.99. The van der Waals surface area contributed by atoms with E-state index in [9.17, 15) is 0 Å². The number of hydrogen-bond acceptors (Lipinski definition) is 2. The monoisotopic (exact) mass is 304 g/mol. The summed E-state index contributed by atoms with van der Waals surface area (Å²) in [7, 11) is 1.70. The minimum Gasteiger partial charge on any atom is -0.497 e. The predicted octanol–water partition coefficient (Wildman–Crippen LogP) is 4.21. The van der Waals surface area contributed by atoms with Crippen molar-refractivity contribution in [1.29, 1.82) is 0 Å². The van der Waals surface area contributed by atoms with Crippen LogP contribution in [0.15, 0.2) is 55.1 Å². The van der Waals surface area contributed by atoms with E-state index in [-0.39, 0.29) is 0 Å². The van der Waals surface area contributed by atoms with Crippen LogP contribution in [0.5, 0.6) is 5.75 Å². The first-order valence-corrected chi connectivity index (χ1v) is 7.93. The van der Waals surface area contributed by atoms with Gasteiger partial charge in [0.2, 0.25) is 0 Å². The molecule has 1 aliphatic heterocycles. The molecule has 0 saturated carbocycles. The minimum absolute atomic E-state index is 0.878. The lowest BCUT2D eigenvalue weighted by Crippen LogP contribution is -2.28. The van der Waals surface area contributed by atoms with Gasteiger partial charge in [-0.2, -0.15) is 0 Å². The topological polar surface area (TPSA) is 28.3 Å². The van der Waals surface area contributed by atoms with Crippen molar-refractivity contribution in [3.05, 3.63) is 71.9 Å². The van der Waals surface area contributed by atoms with E-state index in [4.69, 9.17) is 4.74 Å². The van der Waals surface area contributed by atoms with Crippen molar-refractivity contribution in [2.24, 2.45) is 0 Å². The molecule has 4 rings (SSSR count). The van der Waals surface area contributed by atoms with Gasteiger partial charge in [0.05, 0.1) is 18.5 Å². The molecule has 0 aliphatic carbocycles. The van der Waals surface area contributed by atoms with Gasteiger partial charge in [0, 0.05) is 30.1 Å². The highest BCUT2D eigenvalue weighted by molar-refractivity contribution is 5.90. The van der Waals surface area contributed by atoms with Crippen molar-refractivity contribution in [3.8, 4) is 5.75 Å². The Labute approximate surface area is 136 Å². The number of rotatable bonds is 3. The number of methoxy groups -OCH3 is 1. The van der Waals surface area contributed by atoms with Gasteiger partial charge in [-0.25, -0.2) is 0 Å². The van der Waals surface area contributed by atoms with E-state index >= 15 is 0 Å². The zero-order valence-electron chi connectivity index (χ0n) is 13.3. The summed E-state index contributed by atoms with van der Waals surface area (Å²) in [4.78, 5) is 5.89. The lowest BCUT2D eigenvalue weighted by Gasteiger charge is -2.31. The van der Waals surface area contributed by atoms with Crippen molar-refractivity contribution >= 4 is 16.6 Å². The molecule has 0 radical (unpaired) electrons. The van der Waals surface area contributed by atoms with E-state index in [1.165, 1.54) is 16.5 Å². The fraction of sp³-hybridized carbons (Fsp3) is 0.200. The Kier molecular flexibility index (Phi) is 3.34. The van der Waals surface area contributed by atoms with Crippen LogP contribution < -0.4 is 4.74 Å². The quantitative estimate of drug-likeness (QED) is 0.785. The van der Waals surface area contributed by atoms with Crippen LogP contribution in [-0.4, -0.2) is 23.5 Å². The summed E-state index contributed by atoms with van der Waals surface area (Å²) in [6.45, 7) is 6.23. The molecule has 116 valence electrons. The van der Waals surface area contributed by atoms with Crippen LogP contribution in [0.25, 0.3) is 16.6 Å². The number of aromatic nitrogens is 1.